The number of carbonyl (C=O) groups excluding carboxylic acids is 1. The van der Waals surface area contributed by atoms with E-state index >= 15 is 0 Å². The number of amides is 3. The Labute approximate surface area is 299 Å². The van der Waals surface area contributed by atoms with E-state index in [0.717, 1.165) is 40.7 Å². The summed E-state index contributed by atoms with van der Waals surface area (Å²) in [5.74, 6) is 0.511. The summed E-state index contributed by atoms with van der Waals surface area (Å²) in [4.78, 5) is 43.6. The monoisotopic (exact) mass is 749 g/mol. The molecule has 3 aromatic rings. The second kappa shape index (κ2) is 15.1. The molecule has 50 heavy (non-hydrogen) atoms. The van der Waals surface area contributed by atoms with Gasteiger partial charge in [-0.25, -0.2) is 14.0 Å². The number of nitrogens with zero attached hydrogens (tertiary/aromatic N) is 3. The Bertz CT molecular complexity index is 1800. The van der Waals surface area contributed by atoms with Crippen LogP contribution in [0, 0.1) is 19.7 Å². The van der Waals surface area contributed by atoms with Gasteiger partial charge in [-0.1, -0.05) is 30.3 Å². The van der Waals surface area contributed by atoms with Crippen LogP contribution in [-0.4, -0.2) is 94.0 Å². The zero-order valence-corrected chi connectivity index (χ0v) is 29.7. The van der Waals surface area contributed by atoms with Gasteiger partial charge in [0.2, 0.25) is 0 Å². The molecule has 0 aromatic heterocycles. The van der Waals surface area contributed by atoms with E-state index in [2.05, 4.69) is 15.9 Å². The van der Waals surface area contributed by atoms with Crippen LogP contribution in [0.1, 0.15) is 47.9 Å². The molecule has 0 radical (unpaired) electrons. The Morgan fingerprint density at radius 3 is 2.36 bits per heavy atom. The van der Waals surface area contributed by atoms with E-state index in [1.165, 1.54) is 21.9 Å². The van der Waals surface area contributed by atoms with Gasteiger partial charge in [-0.3, -0.25) is 9.69 Å². The Morgan fingerprint density at radius 2 is 1.68 bits per heavy atom. The van der Waals surface area contributed by atoms with Crippen LogP contribution in [0.25, 0.3) is 5.57 Å². The highest BCUT2D eigenvalue weighted by Gasteiger charge is 2.49. The van der Waals surface area contributed by atoms with Crippen LogP contribution in [0.4, 0.5) is 14.0 Å². The SMILES string of the molecule is Cc1ccc(OCCN(C(=O)C2=C(c3ccc(CCCOc4cc(F)ccc4Br)cc3)CC3CN(C(=O)O)CC2N3C(=O)O)C2CC2)cc1C. The Kier molecular flexibility index (Phi) is 10.7. The summed E-state index contributed by atoms with van der Waals surface area (Å²) in [6, 6.07) is 16.5. The smallest absolute Gasteiger partial charge is 0.408 e. The van der Waals surface area contributed by atoms with Crippen molar-refractivity contribution in [2.45, 2.75) is 64.1 Å². The molecule has 2 aliphatic heterocycles. The third-order valence-corrected chi connectivity index (χ3v) is 10.4. The number of rotatable bonds is 12. The fourth-order valence-corrected chi connectivity index (χ4v) is 7.24. The van der Waals surface area contributed by atoms with Gasteiger partial charge < -0.3 is 29.5 Å². The minimum atomic E-state index is -1.17. The van der Waals surface area contributed by atoms with Gasteiger partial charge in [-0.15, -0.1) is 0 Å². The van der Waals surface area contributed by atoms with Gasteiger partial charge in [0.15, 0.2) is 0 Å². The number of piperazine rings is 1. The van der Waals surface area contributed by atoms with E-state index in [4.69, 9.17) is 9.47 Å². The van der Waals surface area contributed by atoms with Gasteiger partial charge in [-0.05, 0) is 114 Å². The van der Waals surface area contributed by atoms with Gasteiger partial charge >= 0.3 is 12.2 Å². The summed E-state index contributed by atoms with van der Waals surface area (Å²) >= 11 is 3.38. The summed E-state index contributed by atoms with van der Waals surface area (Å²) in [6.45, 7) is 4.92. The molecule has 2 N–H and O–H groups in total. The van der Waals surface area contributed by atoms with Crippen LogP contribution in [-0.2, 0) is 11.2 Å². The number of carbonyl (C=O) groups is 3. The predicted molar refractivity (Wildman–Crippen MR) is 189 cm³/mol. The summed E-state index contributed by atoms with van der Waals surface area (Å²) in [6.07, 6.45) is 0.971. The predicted octanol–water partition coefficient (Wildman–Crippen LogP) is 7.15. The quantitative estimate of drug-likeness (QED) is 0.189. The summed E-state index contributed by atoms with van der Waals surface area (Å²) in [5.41, 5.74) is 5.20. The lowest BCUT2D eigenvalue weighted by Crippen LogP contribution is -2.65. The van der Waals surface area contributed by atoms with Crippen molar-refractivity contribution in [3.63, 3.8) is 0 Å². The number of benzene rings is 3. The van der Waals surface area contributed by atoms with E-state index in [9.17, 15) is 29.0 Å². The minimum absolute atomic E-state index is 0.00682. The highest BCUT2D eigenvalue weighted by molar-refractivity contribution is 9.10. The average molecular weight is 751 g/mol. The molecular formula is C38H41BrFN3O7. The van der Waals surface area contributed by atoms with Crippen molar-refractivity contribution in [2.24, 2.45) is 0 Å². The zero-order chi connectivity index (χ0) is 35.5. The van der Waals surface area contributed by atoms with Gasteiger partial charge in [0, 0.05) is 30.8 Å². The topological polar surface area (TPSA) is 120 Å². The maximum absolute atomic E-state index is 14.6. The van der Waals surface area contributed by atoms with Crippen molar-refractivity contribution in [3.05, 3.63) is 98.8 Å². The summed E-state index contributed by atoms with van der Waals surface area (Å²) < 4.78 is 26.1. The lowest BCUT2D eigenvalue weighted by Gasteiger charge is -2.49. The molecule has 2 bridgehead atoms. The molecule has 1 saturated heterocycles. The number of halogens is 2. The molecule has 10 nitrogen and oxygen atoms in total. The van der Waals surface area contributed by atoms with Gasteiger partial charge in [0.1, 0.15) is 23.9 Å². The van der Waals surface area contributed by atoms with Gasteiger partial charge in [-0.2, -0.15) is 0 Å². The number of carboxylic acid groups (broad SMARTS) is 2. The molecule has 2 heterocycles. The molecule has 2 atom stereocenters. The number of hydrogen-bond acceptors (Lipinski definition) is 5. The van der Waals surface area contributed by atoms with Gasteiger partial charge in [0.05, 0.1) is 29.7 Å². The van der Waals surface area contributed by atoms with Gasteiger partial charge in [0.25, 0.3) is 5.91 Å². The van der Waals surface area contributed by atoms with Crippen molar-refractivity contribution in [3.8, 4) is 11.5 Å². The third-order valence-electron chi connectivity index (χ3n) is 9.76. The average Bonchev–Trinajstić information content (AvgIpc) is 3.93. The van der Waals surface area contributed by atoms with E-state index in [1.807, 2.05) is 56.3 Å². The fraction of sp³-hybridized carbons (Fsp3) is 0.395. The van der Waals surface area contributed by atoms with Crippen LogP contribution in [0.5, 0.6) is 11.5 Å². The highest BCUT2D eigenvalue weighted by atomic mass is 79.9. The largest absolute Gasteiger partial charge is 0.492 e. The molecule has 3 aromatic carbocycles. The fourth-order valence-electron chi connectivity index (χ4n) is 6.87. The minimum Gasteiger partial charge on any atom is -0.492 e. The first kappa shape index (κ1) is 35.3. The maximum Gasteiger partial charge on any atom is 0.408 e. The molecule has 2 unspecified atom stereocenters. The Hall–Kier alpha value is -4.58. The first-order chi connectivity index (χ1) is 24.0. The molecule has 12 heteroatoms. The van der Waals surface area contributed by atoms with E-state index < -0.39 is 24.3 Å². The molecule has 6 rings (SSSR count). The van der Waals surface area contributed by atoms with Crippen LogP contribution < -0.4 is 9.47 Å². The molecule has 2 fully saturated rings. The molecular weight excluding hydrogens is 709 g/mol. The first-order valence-corrected chi connectivity index (χ1v) is 17.7. The summed E-state index contributed by atoms with van der Waals surface area (Å²) in [7, 11) is 0. The van der Waals surface area contributed by atoms with Crippen molar-refractivity contribution in [1.82, 2.24) is 14.7 Å². The first-order valence-electron chi connectivity index (χ1n) is 16.9. The molecule has 3 aliphatic rings. The van der Waals surface area contributed by atoms with Crippen molar-refractivity contribution in [1.29, 1.82) is 0 Å². The number of fused-ring (bicyclic) bond motifs is 2. The standard InChI is InChI=1S/C38H41BrFN3O7/c1-23-5-13-30(18-24(23)2)49-17-15-42(28-11-12-28)36(44)35-31(20-29-21-41(37(45)46)22-33(35)43(29)38(47)48)26-8-6-25(7-9-26)4-3-16-50-34-19-27(40)10-14-32(34)39/h5-10,13-14,18-19,28-29,33H,3-4,11-12,15-17,20-22H2,1-2H3,(H,45,46)(H,47,48). The van der Waals surface area contributed by atoms with Crippen LogP contribution >= 0.6 is 15.9 Å². The molecule has 1 saturated carbocycles. The van der Waals surface area contributed by atoms with Crippen LogP contribution in [0.3, 0.4) is 0 Å². The Morgan fingerprint density at radius 1 is 0.920 bits per heavy atom. The highest BCUT2D eigenvalue weighted by Crippen LogP contribution is 2.41. The zero-order valence-electron chi connectivity index (χ0n) is 28.1. The van der Waals surface area contributed by atoms with Crippen LogP contribution in [0.2, 0.25) is 0 Å². The summed E-state index contributed by atoms with van der Waals surface area (Å²) in [5, 5.41) is 20.2. The molecule has 264 valence electrons. The second-order valence-corrected chi connectivity index (χ2v) is 14.0. The van der Waals surface area contributed by atoms with Crippen molar-refractivity contribution >= 4 is 39.6 Å². The third kappa shape index (κ3) is 7.90. The normalized spacial score (nSPS) is 18.6. The molecule has 1 aliphatic carbocycles. The maximum atomic E-state index is 14.6. The lowest BCUT2D eigenvalue weighted by atomic mass is 9.81. The molecule has 0 spiro atoms. The molecule has 3 amide bonds. The second-order valence-electron chi connectivity index (χ2n) is 13.2. The lowest BCUT2D eigenvalue weighted by molar-refractivity contribution is -0.129. The van der Waals surface area contributed by atoms with Crippen molar-refractivity contribution in [2.75, 3.05) is 32.8 Å². The number of hydrogen-bond donors (Lipinski definition) is 2. The number of aryl methyl sites for hydroxylation is 3. The number of ether oxygens (including phenoxy) is 2. The van der Waals surface area contributed by atoms with E-state index in [1.54, 1.807) is 11.0 Å². The van der Waals surface area contributed by atoms with E-state index in [0.29, 0.717) is 47.5 Å². The van der Waals surface area contributed by atoms with Crippen LogP contribution in [0.15, 0.2) is 70.7 Å². The van der Waals surface area contributed by atoms with E-state index in [-0.39, 0.29) is 43.9 Å². The Balaban J connectivity index is 1.24. The van der Waals surface area contributed by atoms with Crippen molar-refractivity contribution < 1.29 is 38.5 Å².